The highest BCUT2D eigenvalue weighted by molar-refractivity contribution is 5.99. The number of aromatic amines is 2. The van der Waals surface area contributed by atoms with Crippen molar-refractivity contribution >= 4 is 33.6 Å². The number of likely N-dealkylation sites (tertiary alicyclic amines) is 3. The number of H-pyrrole nitrogens is 2. The van der Waals surface area contributed by atoms with E-state index in [1.54, 1.807) is 7.11 Å². The van der Waals surface area contributed by atoms with Crippen LogP contribution in [0.15, 0.2) is 48.5 Å². The molecule has 4 fully saturated rings. The second-order valence-corrected chi connectivity index (χ2v) is 16.4. The van der Waals surface area contributed by atoms with E-state index in [4.69, 9.17) is 18.9 Å². The second kappa shape index (κ2) is 18.4. The minimum atomic E-state index is 0.0398. The van der Waals surface area contributed by atoms with Gasteiger partial charge in [-0.15, -0.1) is 0 Å². The normalized spacial score (nSPS) is 19.8. The van der Waals surface area contributed by atoms with Gasteiger partial charge in [0.2, 0.25) is 0 Å². The SMILES string of the molecule is CC(C)N1CCC(Oc2ccc3[nH]c(C(=O)N4CCOCC4)cc3c2)CC1.COC1CCN(C(=O)c2cc3cc(OC4CCN(C(C)C)CC4)ccc3[nH]2)CC1. The Kier molecular flexibility index (Phi) is 13.2. The van der Waals surface area contributed by atoms with Gasteiger partial charge in [0.1, 0.15) is 35.1 Å². The molecule has 304 valence electrons. The Morgan fingerprint density at radius 1 is 0.589 bits per heavy atom. The first-order valence-corrected chi connectivity index (χ1v) is 20.9. The number of nitrogens with zero attached hydrogens (tertiary/aromatic N) is 4. The number of methoxy groups -OCH3 is 1. The minimum Gasteiger partial charge on any atom is -0.490 e. The van der Waals surface area contributed by atoms with Crippen molar-refractivity contribution in [2.24, 2.45) is 0 Å². The average Bonchev–Trinajstić information content (AvgIpc) is 3.86. The van der Waals surface area contributed by atoms with Gasteiger partial charge < -0.3 is 48.5 Å². The molecule has 0 atom stereocenters. The van der Waals surface area contributed by atoms with Crippen LogP contribution in [0, 0.1) is 0 Å². The Balaban J connectivity index is 0.000000172. The molecule has 2 N–H and O–H groups in total. The lowest BCUT2D eigenvalue weighted by molar-refractivity contribution is 0.0299. The summed E-state index contributed by atoms with van der Waals surface area (Å²) in [5.41, 5.74) is 3.23. The van der Waals surface area contributed by atoms with E-state index >= 15 is 0 Å². The fourth-order valence-electron chi connectivity index (χ4n) is 8.41. The van der Waals surface area contributed by atoms with Crippen molar-refractivity contribution in [3.8, 4) is 11.5 Å². The highest BCUT2D eigenvalue weighted by atomic mass is 16.5. The van der Waals surface area contributed by atoms with Crippen molar-refractivity contribution in [3.63, 3.8) is 0 Å². The van der Waals surface area contributed by atoms with E-state index in [2.05, 4.69) is 53.5 Å². The fraction of sp³-hybridized carbons (Fsp3) is 0.591. The summed E-state index contributed by atoms with van der Waals surface area (Å²) >= 11 is 0. The molecule has 12 heteroatoms. The van der Waals surface area contributed by atoms with Crippen LogP contribution in [0.5, 0.6) is 11.5 Å². The first kappa shape index (κ1) is 40.1. The molecule has 2 aromatic carbocycles. The number of fused-ring (bicyclic) bond motifs is 2. The number of aromatic nitrogens is 2. The smallest absolute Gasteiger partial charge is 0.270 e. The number of ether oxygens (including phenoxy) is 4. The molecule has 4 aliphatic heterocycles. The number of morpholine rings is 1. The Morgan fingerprint density at radius 2 is 1.00 bits per heavy atom. The molecule has 56 heavy (non-hydrogen) atoms. The van der Waals surface area contributed by atoms with E-state index in [1.165, 1.54) is 0 Å². The number of carbonyl (C=O) groups excluding carboxylic acids is 2. The molecule has 4 aromatic rings. The van der Waals surface area contributed by atoms with Gasteiger partial charge in [0.15, 0.2) is 0 Å². The molecule has 0 spiro atoms. The molecule has 8 rings (SSSR count). The van der Waals surface area contributed by atoms with Crippen molar-refractivity contribution in [2.75, 3.05) is 72.7 Å². The van der Waals surface area contributed by atoms with E-state index in [-0.39, 0.29) is 30.1 Å². The van der Waals surface area contributed by atoms with E-state index in [1.807, 2.05) is 52.3 Å². The van der Waals surface area contributed by atoms with Gasteiger partial charge in [-0.05, 0) is 115 Å². The van der Waals surface area contributed by atoms with Gasteiger partial charge in [-0.1, -0.05) is 0 Å². The number of hydrogen-bond acceptors (Lipinski definition) is 8. The molecule has 6 heterocycles. The lowest BCUT2D eigenvalue weighted by Gasteiger charge is -2.34. The number of hydrogen-bond donors (Lipinski definition) is 2. The fourth-order valence-corrected chi connectivity index (χ4v) is 8.41. The summed E-state index contributed by atoms with van der Waals surface area (Å²) < 4.78 is 23.2. The van der Waals surface area contributed by atoms with E-state index in [0.717, 1.165) is 111 Å². The van der Waals surface area contributed by atoms with E-state index < -0.39 is 0 Å². The Labute approximate surface area is 331 Å². The van der Waals surface area contributed by atoms with Crippen LogP contribution in [0.25, 0.3) is 21.8 Å². The molecule has 2 amide bonds. The summed E-state index contributed by atoms with van der Waals surface area (Å²) in [5.74, 6) is 1.88. The van der Waals surface area contributed by atoms with Gasteiger partial charge in [0.25, 0.3) is 11.8 Å². The van der Waals surface area contributed by atoms with E-state index in [0.29, 0.717) is 49.8 Å². The third-order valence-corrected chi connectivity index (χ3v) is 12.0. The maximum Gasteiger partial charge on any atom is 0.270 e. The zero-order valence-corrected chi connectivity index (χ0v) is 34.1. The van der Waals surface area contributed by atoms with Crippen molar-refractivity contribution in [3.05, 3.63) is 59.9 Å². The summed E-state index contributed by atoms with van der Waals surface area (Å²) in [6.07, 6.45) is 6.85. The summed E-state index contributed by atoms with van der Waals surface area (Å²) in [6.45, 7) is 17.4. The Bertz CT molecular complexity index is 1890. The molecule has 0 radical (unpaired) electrons. The van der Waals surface area contributed by atoms with Crippen LogP contribution in [-0.2, 0) is 9.47 Å². The van der Waals surface area contributed by atoms with Gasteiger partial charge in [-0.2, -0.15) is 0 Å². The van der Waals surface area contributed by atoms with Crippen molar-refractivity contribution in [1.82, 2.24) is 29.6 Å². The zero-order chi connectivity index (χ0) is 39.2. The zero-order valence-electron chi connectivity index (χ0n) is 34.1. The summed E-state index contributed by atoms with van der Waals surface area (Å²) in [7, 11) is 1.74. The van der Waals surface area contributed by atoms with Crippen molar-refractivity contribution < 1.29 is 28.5 Å². The van der Waals surface area contributed by atoms with Crippen LogP contribution < -0.4 is 9.47 Å². The van der Waals surface area contributed by atoms with Gasteiger partial charge in [0.05, 0.1) is 19.3 Å². The average molecular weight is 771 g/mol. The molecular weight excluding hydrogens is 709 g/mol. The monoisotopic (exact) mass is 770 g/mol. The van der Waals surface area contributed by atoms with Crippen LogP contribution >= 0.6 is 0 Å². The number of piperidine rings is 3. The molecular formula is C44H62N6O6. The maximum absolute atomic E-state index is 12.9. The first-order valence-electron chi connectivity index (χ1n) is 20.9. The quantitative estimate of drug-likeness (QED) is 0.197. The number of benzene rings is 2. The number of carbonyl (C=O) groups is 2. The minimum absolute atomic E-state index is 0.0398. The third kappa shape index (κ3) is 9.88. The largest absolute Gasteiger partial charge is 0.490 e. The van der Waals surface area contributed by atoms with Gasteiger partial charge in [-0.3, -0.25) is 9.59 Å². The molecule has 4 aliphatic rings. The molecule has 4 saturated heterocycles. The Morgan fingerprint density at radius 3 is 1.41 bits per heavy atom. The molecule has 12 nitrogen and oxygen atoms in total. The molecule has 0 aliphatic carbocycles. The molecule has 0 bridgehead atoms. The summed E-state index contributed by atoms with van der Waals surface area (Å²) in [5, 5.41) is 2.04. The molecule has 0 unspecified atom stereocenters. The van der Waals surface area contributed by atoms with Crippen LogP contribution in [0.4, 0.5) is 0 Å². The Hall–Kier alpha value is -4.10. The van der Waals surface area contributed by atoms with Crippen LogP contribution in [0.2, 0.25) is 0 Å². The third-order valence-electron chi connectivity index (χ3n) is 12.0. The van der Waals surface area contributed by atoms with Crippen molar-refractivity contribution in [2.45, 2.75) is 96.6 Å². The predicted octanol–water partition coefficient (Wildman–Crippen LogP) is 6.56. The second-order valence-electron chi connectivity index (χ2n) is 16.4. The number of amides is 2. The topological polar surface area (TPSA) is 116 Å². The van der Waals surface area contributed by atoms with Crippen LogP contribution in [0.3, 0.4) is 0 Å². The van der Waals surface area contributed by atoms with Gasteiger partial charge >= 0.3 is 0 Å². The predicted molar refractivity (Wildman–Crippen MR) is 220 cm³/mol. The molecule has 0 saturated carbocycles. The lowest BCUT2D eigenvalue weighted by atomic mass is 10.1. The van der Waals surface area contributed by atoms with Gasteiger partial charge in [-0.25, -0.2) is 0 Å². The van der Waals surface area contributed by atoms with Gasteiger partial charge in [0, 0.05) is 93.4 Å². The highest BCUT2D eigenvalue weighted by Crippen LogP contribution is 2.28. The van der Waals surface area contributed by atoms with Crippen LogP contribution in [-0.4, -0.2) is 144 Å². The number of rotatable bonds is 9. The van der Waals surface area contributed by atoms with Crippen LogP contribution in [0.1, 0.15) is 87.2 Å². The highest BCUT2D eigenvalue weighted by Gasteiger charge is 2.26. The van der Waals surface area contributed by atoms with Crippen molar-refractivity contribution in [1.29, 1.82) is 0 Å². The lowest BCUT2D eigenvalue weighted by Crippen LogP contribution is -2.41. The summed E-state index contributed by atoms with van der Waals surface area (Å²) in [4.78, 5) is 40.8. The standard InChI is InChI=1S/C23H33N3O3.C21H29N3O3/c1-16(2)25-10-8-19(9-11-25)29-20-4-5-21-17(14-20)15-22(24-21)23(27)26-12-6-18(28-3)7-13-26;1-15(2)23-7-5-17(6-8-23)27-18-3-4-19-16(13-18)14-20(22-19)21(25)24-9-11-26-12-10-24/h4-5,14-16,18-19,24H,6-13H2,1-3H3;3-4,13-15,17,22H,5-12H2,1-2H3. The molecule has 2 aromatic heterocycles. The maximum atomic E-state index is 12.9. The number of nitrogens with one attached hydrogen (secondary N) is 2. The first-order chi connectivity index (χ1) is 27.1. The van der Waals surface area contributed by atoms with E-state index in [9.17, 15) is 9.59 Å². The summed E-state index contributed by atoms with van der Waals surface area (Å²) in [6, 6.07) is 17.2.